The molecule has 0 fully saturated rings. The molecule has 0 bridgehead atoms. The maximum absolute atomic E-state index is 12.1. The van der Waals surface area contributed by atoms with E-state index < -0.39 is 5.97 Å². The molecule has 20 heavy (non-hydrogen) atoms. The van der Waals surface area contributed by atoms with Gasteiger partial charge in [-0.25, -0.2) is 9.78 Å². The lowest BCUT2D eigenvalue weighted by molar-refractivity contribution is 0.0521. The number of amides is 1. The highest BCUT2D eigenvalue weighted by Gasteiger charge is 2.20. The van der Waals surface area contributed by atoms with E-state index in [4.69, 9.17) is 4.74 Å². The molecule has 0 aliphatic rings. The second-order valence-corrected chi connectivity index (χ2v) is 5.15. The first-order valence-electron chi connectivity index (χ1n) is 6.12. The van der Waals surface area contributed by atoms with Crippen molar-refractivity contribution >= 4 is 28.2 Å². The molecule has 1 heterocycles. The zero-order valence-corrected chi connectivity index (χ0v) is 12.0. The third kappa shape index (κ3) is 3.21. The summed E-state index contributed by atoms with van der Waals surface area (Å²) in [5.41, 5.74) is 0.673. The molecular formula is C14H14N2O3S. The van der Waals surface area contributed by atoms with Gasteiger partial charge in [-0.1, -0.05) is 18.2 Å². The van der Waals surface area contributed by atoms with Crippen LogP contribution in [0.2, 0.25) is 0 Å². The number of carbonyl (C=O) groups is 2. The lowest BCUT2D eigenvalue weighted by Crippen LogP contribution is -2.14. The van der Waals surface area contributed by atoms with Crippen molar-refractivity contribution in [2.45, 2.75) is 13.8 Å². The topological polar surface area (TPSA) is 68.3 Å². The predicted molar refractivity (Wildman–Crippen MR) is 77.2 cm³/mol. The van der Waals surface area contributed by atoms with Crippen molar-refractivity contribution in [3.63, 3.8) is 0 Å². The lowest BCUT2D eigenvalue weighted by atomic mass is 10.2. The van der Waals surface area contributed by atoms with E-state index in [9.17, 15) is 9.59 Å². The Morgan fingerprint density at radius 2 is 2.00 bits per heavy atom. The van der Waals surface area contributed by atoms with Gasteiger partial charge in [0, 0.05) is 5.56 Å². The monoisotopic (exact) mass is 290 g/mol. The standard InChI is InChI=1S/C14H14N2O3S/c1-3-19-14(18)11-13(20-9(2)15-11)16-12(17)10-7-5-4-6-8-10/h4-8H,3H2,1-2H3,(H,16,17). The number of rotatable bonds is 4. The molecule has 0 atom stereocenters. The van der Waals surface area contributed by atoms with E-state index in [1.165, 1.54) is 11.3 Å². The minimum absolute atomic E-state index is 0.152. The van der Waals surface area contributed by atoms with Crippen LogP contribution in [0.5, 0.6) is 0 Å². The van der Waals surface area contributed by atoms with E-state index in [0.717, 1.165) is 0 Å². The molecule has 1 aromatic heterocycles. The minimum atomic E-state index is -0.528. The number of aryl methyl sites for hydroxylation is 1. The SMILES string of the molecule is CCOC(=O)c1nc(C)sc1NC(=O)c1ccccc1. The summed E-state index contributed by atoms with van der Waals surface area (Å²) in [7, 11) is 0. The largest absolute Gasteiger partial charge is 0.461 e. The van der Waals surface area contributed by atoms with Crippen molar-refractivity contribution in [3.8, 4) is 0 Å². The van der Waals surface area contributed by atoms with Crippen LogP contribution < -0.4 is 5.32 Å². The van der Waals surface area contributed by atoms with Gasteiger partial charge in [0.1, 0.15) is 5.00 Å². The van der Waals surface area contributed by atoms with E-state index in [1.807, 2.05) is 6.07 Å². The fraction of sp³-hybridized carbons (Fsp3) is 0.214. The van der Waals surface area contributed by atoms with Crippen LogP contribution in [0.3, 0.4) is 0 Å². The number of carbonyl (C=O) groups excluding carboxylic acids is 2. The highest BCUT2D eigenvalue weighted by molar-refractivity contribution is 7.16. The molecule has 2 aromatic rings. The Hall–Kier alpha value is -2.21. The first-order chi connectivity index (χ1) is 9.61. The van der Waals surface area contributed by atoms with E-state index in [2.05, 4.69) is 10.3 Å². The Morgan fingerprint density at radius 3 is 2.65 bits per heavy atom. The summed E-state index contributed by atoms with van der Waals surface area (Å²) < 4.78 is 4.92. The summed E-state index contributed by atoms with van der Waals surface area (Å²) in [5.74, 6) is -0.806. The molecule has 0 spiro atoms. The maximum atomic E-state index is 12.1. The molecule has 0 saturated carbocycles. The van der Waals surface area contributed by atoms with Crippen molar-refractivity contribution in [2.75, 3.05) is 11.9 Å². The molecule has 1 amide bonds. The van der Waals surface area contributed by atoms with Crippen LogP contribution in [0.1, 0.15) is 32.8 Å². The Morgan fingerprint density at radius 1 is 1.30 bits per heavy atom. The van der Waals surface area contributed by atoms with Crippen LogP contribution in [0.4, 0.5) is 5.00 Å². The van der Waals surface area contributed by atoms with Gasteiger partial charge in [-0.15, -0.1) is 11.3 Å². The summed E-state index contributed by atoms with van der Waals surface area (Å²) in [6.45, 7) is 3.76. The minimum Gasteiger partial charge on any atom is -0.461 e. The number of anilines is 1. The molecular weight excluding hydrogens is 276 g/mol. The van der Waals surface area contributed by atoms with Crippen LogP contribution in [-0.2, 0) is 4.74 Å². The summed E-state index contributed by atoms with van der Waals surface area (Å²) in [6, 6.07) is 8.79. The van der Waals surface area contributed by atoms with Gasteiger partial charge >= 0.3 is 5.97 Å². The van der Waals surface area contributed by atoms with Crippen LogP contribution in [-0.4, -0.2) is 23.5 Å². The molecule has 6 heteroatoms. The first-order valence-corrected chi connectivity index (χ1v) is 6.94. The van der Waals surface area contributed by atoms with Crippen LogP contribution in [0.15, 0.2) is 30.3 Å². The fourth-order valence-electron chi connectivity index (χ4n) is 1.61. The van der Waals surface area contributed by atoms with Gasteiger partial charge in [-0.3, -0.25) is 4.79 Å². The number of aromatic nitrogens is 1. The number of esters is 1. The Labute approximate surface area is 120 Å². The number of benzene rings is 1. The normalized spacial score (nSPS) is 10.1. The third-order valence-electron chi connectivity index (χ3n) is 2.47. The van der Waals surface area contributed by atoms with Gasteiger partial charge < -0.3 is 10.1 Å². The third-order valence-corrected chi connectivity index (χ3v) is 3.35. The molecule has 1 aromatic carbocycles. The van der Waals surface area contributed by atoms with Gasteiger partial charge in [0.05, 0.1) is 11.6 Å². The summed E-state index contributed by atoms with van der Waals surface area (Å²) in [6.07, 6.45) is 0. The van der Waals surface area contributed by atoms with Gasteiger partial charge in [0.25, 0.3) is 5.91 Å². The second kappa shape index (κ2) is 6.29. The van der Waals surface area contributed by atoms with Crippen LogP contribution in [0.25, 0.3) is 0 Å². The summed E-state index contributed by atoms with van der Waals surface area (Å²) >= 11 is 1.25. The molecule has 1 N–H and O–H groups in total. The van der Waals surface area contributed by atoms with Gasteiger partial charge in [0.2, 0.25) is 0 Å². The number of hydrogen-bond donors (Lipinski definition) is 1. The van der Waals surface area contributed by atoms with Gasteiger partial charge in [0.15, 0.2) is 5.69 Å². The van der Waals surface area contributed by atoms with E-state index >= 15 is 0 Å². The van der Waals surface area contributed by atoms with Gasteiger partial charge in [-0.05, 0) is 26.0 Å². The number of nitrogens with one attached hydrogen (secondary N) is 1. The van der Waals surface area contributed by atoms with E-state index in [0.29, 0.717) is 15.6 Å². The molecule has 0 unspecified atom stereocenters. The Bertz CT molecular complexity index is 623. The molecule has 0 aliphatic heterocycles. The molecule has 0 aliphatic carbocycles. The number of ether oxygens (including phenoxy) is 1. The molecule has 5 nitrogen and oxygen atoms in total. The number of hydrogen-bond acceptors (Lipinski definition) is 5. The zero-order chi connectivity index (χ0) is 14.5. The van der Waals surface area contributed by atoms with Gasteiger partial charge in [-0.2, -0.15) is 0 Å². The van der Waals surface area contributed by atoms with E-state index in [-0.39, 0.29) is 18.2 Å². The van der Waals surface area contributed by atoms with Crippen molar-refractivity contribution in [1.82, 2.24) is 4.98 Å². The number of nitrogens with zero attached hydrogens (tertiary/aromatic N) is 1. The summed E-state index contributed by atoms with van der Waals surface area (Å²) in [5, 5.41) is 3.81. The molecule has 104 valence electrons. The maximum Gasteiger partial charge on any atom is 0.360 e. The van der Waals surface area contributed by atoms with Crippen molar-refractivity contribution in [3.05, 3.63) is 46.6 Å². The lowest BCUT2D eigenvalue weighted by Gasteiger charge is -2.04. The summed E-state index contributed by atoms with van der Waals surface area (Å²) in [4.78, 5) is 27.9. The van der Waals surface area contributed by atoms with Crippen LogP contribution >= 0.6 is 11.3 Å². The van der Waals surface area contributed by atoms with E-state index in [1.54, 1.807) is 38.1 Å². The molecule has 0 saturated heterocycles. The molecule has 0 radical (unpaired) electrons. The number of thiazole rings is 1. The fourth-order valence-corrected chi connectivity index (χ4v) is 2.42. The van der Waals surface area contributed by atoms with Crippen LogP contribution in [0, 0.1) is 6.92 Å². The quantitative estimate of drug-likeness (QED) is 0.879. The average Bonchev–Trinajstić information content (AvgIpc) is 2.81. The Kier molecular flexibility index (Phi) is 4.47. The zero-order valence-electron chi connectivity index (χ0n) is 11.2. The van der Waals surface area contributed by atoms with Crippen molar-refractivity contribution in [1.29, 1.82) is 0 Å². The van der Waals surface area contributed by atoms with Crippen molar-refractivity contribution in [2.24, 2.45) is 0 Å². The highest BCUT2D eigenvalue weighted by atomic mass is 32.1. The highest BCUT2D eigenvalue weighted by Crippen LogP contribution is 2.25. The first kappa shape index (κ1) is 14.2. The molecule has 2 rings (SSSR count). The smallest absolute Gasteiger partial charge is 0.360 e. The second-order valence-electron chi connectivity index (χ2n) is 3.95. The Balaban J connectivity index is 2.21. The average molecular weight is 290 g/mol. The van der Waals surface area contributed by atoms with Crippen molar-refractivity contribution < 1.29 is 14.3 Å². The predicted octanol–water partition coefficient (Wildman–Crippen LogP) is 2.88.